The van der Waals surface area contributed by atoms with Gasteiger partial charge in [0.25, 0.3) is 0 Å². The van der Waals surface area contributed by atoms with Crippen molar-refractivity contribution in [2.75, 3.05) is 0 Å². The third-order valence-corrected chi connectivity index (χ3v) is 3.29. The van der Waals surface area contributed by atoms with Gasteiger partial charge in [0.2, 0.25) is 0 Å². The van der Waals surface area contributed by atoms with Crippen molar-refractivity contribution < 1.29 is 4.74 Å². The minimum atomic E-state index is 0.0814. The normalized spacial score (nSPS) is 10.2. The third kappa shape index (κ3) is 2.85. The van der Waals surface area contributed by atoms with E-state index in [1.165, 1.54) is 4.88 Å². The van der Waals surface area contributed by atoms with Gasteiger partial charge in [-0.15, -0.1) is 11.3 Å². The Balaban J connectivity index is 2.09. The van der Waals surface area contributed by atoms with Crippen LogP contribution in [0.1, 0.15) is 16.0 Å². The topological polar surface area (TPSA) is 59.1 Å². The molecule has 88 valence electrons. The van der Waals surface area contributed by atoms with Crippen molar-refractivity contribution in [3.05, 3.63) is 51.7 Å². The Hall–Kier alpha value is -1.81. The van der Waals surface area contributed by atoms with Crippen molar-refractivity contribution in [1.29, 1.82) is 5.41 Å². The molecule has 0 amide bonds. The van der Waals surface area contributed by atoms with Gasteiger partial charge < -0.3 is 10.5 Å². The first-order valence-corrected chi connectivity index (χ1v) is 6.15. The minimum Gasteiger partial charge on any atom is -0.488 e. The molecule has 0 aliphatic rings. The number of hydrogen-bond acceptors (Lipinski definition) is 3. The summed E-state index contributed by atoms with van der Waals surface area (Å²) in [6, 6.07) is 9.59. The quantitative estimate of drug-likeness (QED) is 0.643. The lowest BCUT2D eigenvalue weighted by Crippen LogP contribution is -2.11. The first kappa shape index (κ1) is 11.7. The fourth-order valence-electron chi connectivity index (χ4n) is 1.52. The van der Waals surface area contributed by atoms with E-state index in [-0.39, 0.29) is 5.84 Å². The highest BCUT2D eigenvalue weighted by molar-refractivity contribution is 7.09. The molecule has 3 N–H and O–H groups in total. The van der Waals surface area contributed by atoms with Gasteiger partial charge >= 0.3 is 0 Å². The number of aryl methyl sites for hydroxylation is 1. The lowest BCUT2D eigenvalue weighted by Gasteiger charge is -2.09. The van der Waals surface area contributed by atoms with E-state index in [2.05, 4.69) is 0 Å². The Morgan fingerprint density at radius 3 is 2.82 bits per heavy atom. The van der Waals surface area contributed by atoms with E-state index in [0.717, 1.165) is 16.9 Å². The second-order valence-corrected chi connectivity index (χ2v) is 4.79. The SMILES string of the molecule is Cc1cc(C(=N)N)ccc1OCc1cccs1. The lowest BCUT2D eigenvalue weighted by molar-refractivity contribution is 0.307. The molecular formula is C13H14N2OS. The molecule has 0 saturated carbocycles. The summed E-state index contributed by atoms with van der Waals surface area (Å²) < 4.78 is 5.72. The maximum Gasteiger partial charge on any atom is 0.122 e. The largest absolute Gasteiger partial charge is 0.488 e. The zero-order chi connectivity index (χ0) is 12.3. The van der Waals surface area contributed by atoms with Crippen molar-refractivity contribution in [2.45, 2.75) is 13.5 Å². The zero-order valence-corrected chi connectivity index (χ0v) is 10.4. The second-order valence-electron chi connectivity index (χ2n) is 3.76. The first-order chi connectivity index (χ1) is 8.16. The van der Waals surface area contributed by atoms with E-state index in [4.69, 9.17) is 15.9 Å². The van der Waals surface area contributed by atoms with Crippen molar-refractivity contribution >= 4 is 17.2 Å². The van der Waals surface area contributed by atoms with Gasteiger partial charge in [0.05, 0.1) is 0 Å². The smallest absolute Gasteiger partial charge is 0.122 e. The molecule has 0 bridgehead atoms. The van der Waals surface area contributed by atoms with Crippen LogP contribution in [0.15, 0.2) is 35.7 Å². The van der Waals surface area contributed by atoms with Crippen LogP contribution in [0.3, 0.4) is 0 Å². The van der Waals surface area contributed by atoms with Crippen LogP contribution >= 0.6 is 11.3 Å². The van der Waals surface area contributed by atoms with Gasteiger partial charge in [-0.05, 0) is 42.1 Å². The van der Waals surface area contributed by atoms with E-state index < -0.39 is 0 Å². The van der Waals surface area contributed by atoms with Crippen LogP contribution in [0, 0.1) is 12.3 Å². The highest BCUT2D eigenvalue weighted by Gasteiger charge is 2.03. The molecule has 1 aromatic carbocycles. The van der Waals surface area contributed by atoms with E-state index in [1.807, 2.05) is 36.6 Å². The van der Waals surface area contributed by atoms with Crippen LogP contribution in [0.4, 0.5) is 0 Å². The fraction of sp³-hybridized carbons (Fsp3) is 0.154. The number of nitrogens with two attached hydrogens (primary N) is 1. The number of ether oxygens (including phenoxy) is 1. The van der Waals surface area contributed by atoms with E-state index >= 15 is 0 Å². The van der Waals surface area contributed by atoms with Gasteiger partial charge in [0.1, 0.15) is 18.2 Å². The molecule has 2 rings (SSSR count). The van der Waals surface area contributed by atoms with Gasteiger partial charge in [0, 0.05) is 10.4 Å². The van der Waals surface area contributed by atoms with Crippen molar-refractivity contribution in [2.24, 2.45) is 5.73 Å². The summed E-state index contributed by atoms with van der Waals surface area (Å²) in [6.45, 7) is 2.54. The first-order valence-electron chi connectivity index (χ1n) is 5.27. The molecule has 0 radical (unpaired) electrons. The predicted molar refractivity (Wildman–Crippen MR) is 70.8 cm³/mol. The summed E-state index contributed by atoms with van der Waals surface area (Å²) in [5.41, 5.74) is 7.15. The number of benzene rings is 1. The number of rotatable bonds is 4. The molecule has 17 heavy (non-hydrogen) atoms. The highest BCUT2D eigenvalue weighted by Crippen LogP contribution is 2.21. The van der Waals surface area contributed by atoms with Crippen LogP contribution in [-0.2, 0) is 6.61 Å². The van der Waals surface area contributed by atoms with E-state index in [0.29, 0.717) is 6.61 Å². The number of amidine groups is 1. The van der Waals surface area contributed by atoms with Crippen LogP contribution < -0.4 is 10.5 Å². The molecule has 4 heteroatoms. The predicted octanol–water partition coefficient (Wildman–Crippen LogP) is 2.92. The van der Waals surface area contributed by atoms with Crippen LogP contribution in [-0.4, -0.2) is 5.84 Å². The average molecular weight is 246 g/mol. The molecule has 0 saturated heterocycles. The summed E-state index contributed by atoms with van der Waals surface area (Å²) >= 11 is 1.68. The Morgan fingerprint density at radius 2 is 2.24 bits per heavy atom. The maximum absolute atomic E-state index is 7.36. The van der Waals surface area contributed by atoms with Gasteiger partial charge in [0.15, 0.2) is 0 Å². The third-order valence-electron chi connectivity index (χ3n) is 2.44. The van der Waals surface area contributed by atoms with Gasteiger partial charge in [-0.3, -0.25) is 5.41 Å². The Kier molecular flexibility index (Phi) is 3.44. The average Bonchev–Trinajstić information content (AvgIpc) is 2.80. The van der Waals surface area contributed by atoms with Gasteiger partial charge in [-0.25, -0.2) is 0 Å². The second kappa shape index (κ2) is 5.01. The number of hydrogen-bond donors (Lipinski definition) is 2. The standard InChI is InChI=1S/C13H14N2OS/c1-9-7-10(13(14)15)4-5-12(9)16-8-11-3-2-6-17-11/h2-7H,8H2,1H3,(H3,14,15). The molecule has 3 nitrogen and oxygen atoms in total. The van der Waals surface area contributed by atoms with Crippen molar-refractivity contribution in [1.82, 2.24) is 0 Å². The summed E-state index contributed by atoms with van der Waals surface area (Å²) in [5.74, 6) is 0.918. The zero-order valence-electron chi connectivity index (χ0n) is 9.57. The molecule has 2 aromatic rings. The van der Waals surface area contributed by atoms with Gasteiger partial charge in [-0.1, -0.05) is 6.07 Å². The monoisotopic (exact) mass is 246 g/mol. The number of thiophene rings is 1. The molecular weight excluding hydrogens is 232 g/mol. The van der Waals surface area contributed by atoms with Crippen molar-refractivity contribution in [3.63, 3.8) is 0 Å². The molecule has 1 heterocycles. The molecule has 0 unspecified atom stereocenters. The number of nitrogen functional groups attached to an aromatic ring is 1. The summed E-state index contributed by atoms with van der Waals surface area (Å²) in [6.07, 6.45) is 0. The Morgan fingerprint density at radius 1 is 1.41 bits per heavy atom. The minimum absolute atomic E-state index is 0.0814. The summed E-state index contributed by atoms with van der Waals surface area (Å²) in [4.78, 5) is 1.19. The van der Waals surface area contributed by atoms with E-state index in [9.17, 15) is 0 Å². The fourth-order valence-corrected chi connectivity index (χ4v) is 2.14. The highest BCUT2D eigenvalue weighted by atomic mass is 32.1. The number of nitrogens with one attached hydrogen (secondary N) is 1. The van der Waals surface area contributed by atoms with Crippen LogP contribution in [0.25, 0.3) is 0 Å². The molecule has 0 aliphatic heterocycles. The molecule has 0 spiro atoms. The molecule has 0 aliphatic carbocycles. The molecule has 0 atom stereocenters. The molecule has 1 aromatic heterocycles. The lowest BCUT2D eigenvalue weighted by atomic mass is 10.1. The van der Waals surface area contributed by atoms with Gasteiger partial charge in [-0.2, -0.15) is 0 Å². The Bertz CT molecular complexity index is 520. The van der Waals surface area contributed by atoms with Crippen LogP contribution in [0.5, 0.6) is 5.75 Å². The Labute approximate surface area is 104 Å². The maximum atomic E-state index is 7.36. The summed E-state index contributed by atoms with van der Waals surface area (Å²) in [5, 5.41) is 9.39. The van der Waals surface area contributed by atoms with Crippen LogP contribution in [0.2, 0.25) is 0 Å². The summed E-state index contributed by atoms with van der Waals surface area (Å²) in [7, 11) is 0. The van der Waals surface area contributed by atoms with E-state index in [1.54, 1.807) is 17.4 Å². The van der Waals surface area contributed by atoms with Crippen molar-refractivity contribution in [3.8, 4) is 5.75 Å². The molecule has 0 fully saturated rings.